The molecular weight excluding hydrogens is 244 g/mol. The first-order valence-corrected chi connectivity index (χ1v) is 6.05. The van der Waals surface area contributed by atoms with Gasteiger partial charge in [0.25, 0.3) is 0 Å². The number of rotatable bonds is 4. The number of aromatic hydroxyl groups is 1. The van der Waals surface area contributed by atoms with E-state index in [2.05, 4.69) is 10.3 Å². The number of hydrogen-bond donors (Lipinski definition) is 3. The van der Waals surface area contributed by atoms with Gasteiger partial charge in [0.15, 0.2) is 0 Å². The third kappa shape index (κ3) is 2.45. The summed E-state index contributed by atoms with van der Waals surface area (Å²) in [6.45, 7) is 3.41. The first-order chi connectivity index (χ1) is 8.96. The summed E-state index contributed by atoms with van der Waals surface area (Å²) in [5.41, 5.74) is -1.09. The lowest BCUT2D eigenvalue weighted by Gasteiger charge is -2.25. The van der Waals surface area contributed by atoms with Gasteiger partial charge in [0.1, 0.15) is 17.1 Å². The molecule has 2 aromatic rings. The topological polar surface area (TPSA) is 82.5 Å². The van der Waals surface area contributed by atoms with Crippen molar-refractivity contribution >= 4 is 22.6 Å². The molecule has 1 atom stereocenters. The lowest BCUT2D eigenvalue weighted by molar-refractivity contribution is -0.141. The predicted molar refractivity (Wildman–Crippen MR) is 73.4 cm³/mol. The molecule has 0 bridgehead atoms. The number of hydrogen-bond acceptors (Lipinski definition) is 4. The number of carboxylic acids is 1. The van der Waals surface area contributed by atoms with Crippen molar-refractivity contribution in [3.63, 3.8) is 0 Å². The summed E-state index contributed by atoms with van der Waals surface area (Å²) >= 11 is 0. The Balaban J connectivity index is 2.51. The van der Waals surface area contributed by atoms with E-state index < -0.39 is 11.5 Å². The standard InChI is InChI=1S/C14H16N2O3/c1-3-14(2,13(18)19)16-12-11-8-10(17)5-4-9(11)6-7-15-12/h4-8,17H,3H2,1-2H3,(H,15,16)(H,18,19). The molecule has 2 rings (SSSR count). The Morgan fingerprint density at radius 3 is 2.79 bits per heavy atom. The minimum absolute atomic E-state index is 0.122. The summed E-state index contributed by atoms with van der Waals surface area (Å²) in [5.74, 6) is -0.355. The zero-order chi connectivity index (χ0) is 14.0. The quantitative estimate of drug-likeness (QED) is 0.787. The smallest absolute Gasteiger partial charge is 0.329 e. The average molecular weight is 260 g/mol. The molecule has 0 saturated heterocycles. The second-order valence-corrected chi connectivity index (χ2v) is 4.68. The van der Waals surface area contributed by atoms with Crippen LogP contribution < -0.4 is 5.32 Å². The van der Waals surface area contributed by atoms with Gasteiger partial charge < -0.3 is 15.5 Å². The van der Waals surface area contributed by atoms with Crippen LogP contribution in [0.25, 0.3) is 10.8 Å². The van der Waals surface area contributed by atoms with Crippen molar-refractivity contribution in [2.75, 3.05) is 5.32 Å². The molecule has 1 unspecified atom stereocenters. The molecule has 5 heteroatoms. The Kier molecular flexibility index (Phi) is 3.29. The van der Waals surface area contributed by atoms with Crippen molar-refractivity contribution in [2.24, 2.45) is 0 Å². The molecule has 0 amide bonds. The van der Waals surface area contributed by atoms with E-state index in [1.54, 1.807) is 38.2 Å². The van der Waals surface area contributed by atoms with Gasteiger partial charge in [-0.2, -0.15) is 0 Å². The first-order valence-electron chi connectivity index (χ1n) is 6.05. The van der Waals surface area contributed by atoms with Gasteiger partial charge in [0.05, 0.1) is 0 Å². The molecule has 19 heavy (non-hydrogen) atoms. The van der Waals surface area contributed by atoms with E-state index in [0.717, 1.165) is 5.39 Å². The highest BCUT2D eigenvalue weighted by molar-refractivity contribution is 5.94. The zero-order valence-electron chi connectivity index (χ0n) is 10.8. The zero-order valence-corrected chi connectivity index (χ0v) is 10.8. The summed E-state index contributed by atoms with van der Waals surface area (Å²) in [4.78, 5) is 15.5. The Morgan fingerprint density at radius 1 is 1.42 bits per heavy atom. The van der Waals surface area contributed by atoms with Gasteiger partial charge in [-0.3, -0.25) is 0 Å². The molecule has 3 N–H and O–H groups in total. The van der Waals surface area contributed by atoms with E-state index in [9.17, 15) is 15.0 Å². The van der Waals surface area contributed by atoms with E-state index >= 15 is 0 Å². The summed E-state index contributed by atoms with van der Waals surface area (Å²) < 4.78 is 0. The SMILES string of the molecule is CCC(C)(Nc1nccc2ccc(O)cc12)C(=O)O. The highest BCUT2D eigenvalue weighted by Crippen LogP contribution is 2.28. The van der Waals surface area contributed by atoms with Crippen molar-refractivity contribution in [3.8, 4) is 5.75 Å². The molecule has 1 heterocycles. The van der Waals surface area contributed by atoms with Crippen molar-refractivity contribution in [1.82, 2.24) is 4.98 Å². The number of carbonyl (C=O) groups is 1. The van der Waals surface area contributed by atoms with E-state index in [1.807, 2.05) is 6.07 Å². The van der Waals surface area contributed by atoms with E-state index in [1.165, 1.54) is 0 Å². The maximum absolute atomic E-state index is 11.3. The number of benzene rings is 1. The van der Waals surface area contributed by atoms with E-state index in [-0.39, 0.29) is 5.75 Å². The number of pyridine rings is 1. The maximum atomic E-state index is 11.3. The normalized spacial score (nSPS) is 14.0. The van der Waals surface area contributed by atoms with Crippen molar-refractivity contribution < 1.29 is 15.0 Å². The highest BCUT2D eigenvalue weighted by atomic mass is 16.4. The van der Waals surface area contributed by atoms with Crippen LogP contribution in [-0.4, -0.2) is 26.7 Å². The van der Waals surface area contributed by atoms with Gasteiger partial charge in [-0.15, -0.1) is 0 Å². The number of nitrogens with one attached hydrogen (secondary N) is 1. The van der Waals surface area contributed by atoms with Crippen LogP contribution >= 0.6 is 0 Å². The Labute approximate surface area is 110 Å². The number of anilines is 1. The van der Waals surface area contributed by atoms with Crippen molar-refractivity contribution in [2.45, 2.75) is 25.8 Å². The number of fused-ring (bicyclic) bond motifs is 1. The van der Waals surface area contributed by atoms with Crippen LogP contribution in [0.1, 0.15) is 20.3 Å². The van der Waals surface area contributed by atoms with Crippen LogP contribution in [-0.2, 0) is 4.79 Å². The van der Waals surface area contributed by atoms with Crippen LogP contribution in [0.4, 0.5) is 5.82 Å². The van der Waals surface area contributed by atoms with Crippen LogP contribution in [0.3, 0.4) is 0 Å². The fourth-order valence-electron chi connectivity index (χ4n) is 1.81. The maximum Gasteiger partial charge on any atom is 0.329 e. The average Bonchev–Trinajstić information content (AvgIpc) is 2.39. The molecule has 100 valence electrons. The van der Waals surface area contributed by atoms with Crippen molar-refractivity contribution in [1.29, 1.82) is 0 Å². The molecule has 5 nitrogen and oxygen atoms in total. The van der Waals surface area contributed by atoms with Crippen LogP contribution in [0.15, 0.2) is 30.5 Å². The largest absolute Gasteiger partial charge is 0.508 e. The Morgan fingerprint density at radius 2 is 2.16 bits per heavy atom. The second kappa shape index (κ2) is 4.76. The fraction of sp³-hybridized carbons (Fsp3) is 0.286. The summed E-state index contributed by atoms with van der Waals surface area (Å²) in [6.07, 6.45) is 2.03. The molecule has 1 aromatic heterocycles. The first kappa shape index (κ1) is 13.1. The van der Waals surface area contributed by atoms with Gasteiger partial charge in [-0.05, 0) is 36.9 Å². The molecular formula is C14H16N2O3. The van der Waals surface area contributed by atoms with E-state index in [0.29, 0.717) is 17.6 Å². The monoisotopic (exact) mass is 260 g/mol. The van der Waals surface area contributed by atoms with Gasteiger partial charge in [-0.1, -0.05) is 13.0 Å². The minimum Gasteiger partial charge on any atom is -0.508 e. The summed E-state index contributed by atoms with van der Waals surface area (Å²) in [7, 11) is 0. The lowest BCUT2D eigenvalue weighted by Crippen LogP contribution is -2.43. The number of nitrogens with zero attached hydrogens (tertiary/aromatic N) is 1. The Hall–Kier alpha value is -2.30. The molecule has 1 aromatic carbocycles. The molecule has 0 aliphatic heterocycles. The van der Waals surface area contributed by atoms with Crippen LogP contribution in [0.2, 0.25) is 0 Å². The third-order valence-corrected chi connectivity index (χ3v) is 3.32. The van der Waals surface area contributed by atoms with Gasteiger partial charge >= 0.3 is 5.97 Å². The molecule has 0 aliphatic rings. The van der Waals surface area contributed by atoms with Crippen molar-refractivity contribution in [3.05, 3.63) is 30.5 Å². The lowest BCUT2D eigenvalue weighted by atomic mass is 9.99. The Bertz CT molecular complexity index is 627. The van der Waals surface area contributed by atoms with E-state index in [4.69, 9.17) is 0 Å². The van der Waals surface area contributed by atoms with Crippen LogP contribution in [0.5, 0.6) is 5.75 Å². The van der Waals surface area contributed by atoms with Crippen LogP contribution in [0, 0.1) is 0 Å². The minimum atomic E-state index is -1.09. The summed E-state index contributed by atoms with van der Waals surface area (Å²) in [5, 5.41) is 23.4. The number of aromatic nitrogens is 1. The molecule has 0 spiro atoms. The molecule has 0 saturated carbocycles. The molecule has 0 aliphatic carbocycles. The predicted octanol–water partition coefficient (Wildman–Crippen LogP) is 2.61. The number of carboxylic acid groups (broad SMARTS) is 1. The fourth-order valence-corrected chi connectivity index (χ4v) is 1.81. The molecule has 0 fully saturated rings. The number of phenols is 1. The number of aliphatic carboxylic acids is 1. The second-order valence-electron chi connectivity index (χ2n) is 4.68. The third-order valence-electron chi connectivity index (χ3n) is 3.32. The molecule has 0 radical (unpaired) electrons. The van der Waals surface area contributed by atoms with Gasteiger partial charge in [0, 0.05) is 11.6 Å². The van der Waals surface area contributed by atoms with Gasteiger partial charge in [0.2, 0.25) is 0 Å². The number of phenolic OH excluding ortho intramolecular Hbond substituents is 1. The van der Waals surface area contributed by atoms with Gasteiger partial charge in [-0.25, -0.2) is 9.78 Å². The highest BCUT2D eigenvalue weighted by Gasteiger charge is 2.31. The summed E-state index contributed by atoms with van der Waals surface area (Å²) in [6, 6.07) is 6.73.